The van der Waals surface area contributed by atoms with Crippen LogP contribution in [-0.2, 0) is 16.6 Å². The number of aliphatic hydroxyl groups excluding tert-OH is 1. The van der Waals surface area contributed by atoms with Crippen LogP contribution in [0, 0.1) is 13.8 Å². The van der Waals surface area contributed by atoms with Crippen LogP contribution in [-0.4, -0.2) is 70.8 Å². The topological polar surface area (TPSA) is 78.7 Å². The van der Waals surface area contributed by atoms with Gasteiger partial charge in [0.1, 0.15) is 0 Å². The van der Waals surface area contributed by atoms with Crippen LogP contribution < -0.4 is 0 Å². The summed E-state index contributed by atoms with van der Waals surface area (Å²) in [4.78, 5) is 2.31. The lowest BCUT2D eigenvalue weighted by molar-refractivity contribution is -0.0554. The molecular formula is C29H38N4O3S. The average molecular weight is 523 g/mol. The lowest BCUT2D eigenvalue weighted by Gasteiger charge is -2.57. The van der Waals surface area contributed by atoms with Gasteiger partial charge in [0.2, 0.25) is 0 Å². The Kier molecular flexibility index (Phi) is 7.54. The van der Waals surface area contributed by atoms with Crippen LogP contribution in [0.1, 0.15) is 48.8 Å². The second-order valence-electron chi connectivity index (χ2n) is 10.4. The standard InChI is InChI=1S/C29H38N4O3S/c1-4-16-33-28(14-15-30-33)37(35,36)31-17-5-6-18-32-26(19-31)29(27(32)20-34)24-12-10-23(11-13-24)25-9-7-8-21(2)22(25)3/h7-15,26-27,29,34H,4-6,16-20H2,1-3H3. The number of aryl methyl sites for hydroxylation is 2. The molecule has 2 aliphatic heterocycles. The van der Waals surface area contributed by atoms with Gasteiger partial charge in [-0.2, -0.15) is 9.40 Å². The summed E-state index contributed by atoms with van der Waals surface area (Å²) in [5.41, 5.74) is 6.11. The van der Waals surface area contributed by atoms with Gasteiger partial charge < -0.3 is 5.11 Å². The number of nitrogens with zero attached hydrogens (tertiary/aromatic N) is 4. The van der Waals surface area contributed by atoms with E-state index >= 15 is 0 Å². The Morgan fingerprint density at radius 1 is 1.03 bits per heavy atom. The van der Waals surface area contributed by atoms with E-state index in [1.54, 1.807) is 21.3 Å². The number of hydrogen-bond donors (Lipinski definition) is 1. The minimum absolute atomic E-state index is 0.00447. The molecule has 7 nitrogen and oxygen atoms in total. The molecular weight excluding hydrogens is 484 g/mol. The molecule has 3 unspecified atom stereocenters. The van der Waals surface area contributed by atoms with Crippen molar-refractivity contribution in [3.63, 3.8) is 0 Å². The number of rotatable bonds is 7. The largest absolute Gasteiger partial charge is 0.395 e. The van der Waals surface area contributed by atoms with Crippen molar-refractivity contribution in [1.29, 1.82) is 0 Å². The molecule has 2 fully saturated rings. The first kappa shape index (κ1) is 26.1. The van der Waals surface area contributed by atoms with Gasteiger partial charge in [0.15, 0.2) is 5.03 Å². The highest BCUT2D eigenvalue weighted by Crippen LogP contribution is 2.43. The van der Waals surface area contributed by atoms with Gasteiger partial charge in [-0.15, -0.1) is 0 Å². The Bertz CT molecular complexity index is 1340. The van der Waals surface area contributed by atoms with Crippen molar-refractivity contribution < 1.29 is 13.5 Å². The number of aromatic nitrogens is 2. The monoisotopic (exact) mass is 522 g/mol. The number of sulfonamides is 1. The number of fused-ring (bicyclic) bond motifs is 1. The van der Waals surface area contributed by atoms with Crippen LogP contribution in [0.4, 0.5) is 0 Å². The third kappa shape index (κ3) is 4.76. The molecule has 3 atom stereocenters. The van der Waals surface area contributed by atoms with Gasteiger partial charge in [-0.05, 0) is 73.5 Å². The van der Waals surface area contributed by atoms with Gasteiger partial charge in [-0.3, -0.25) is 9.58 Å². The Balaban J connectivity index is 1.43. The van der Waals surface area contributed by atoms with E-state index in [0.717, 1.165) is 31.4 Å². The molecule has 8 heteroatoms. The molecule has 0 amide bonds. The number of hydrogen-bond acceptors (Lipinski definition) is 5. The van der Waals surface area contributed by atoms with E-state index in [1.165, 1.54) is 22.3 Å². The molecule has 5 rings (SSSR count). The fourth-order valence-corrected chi connectivity index (χ4v) is 7.75. The molecule has 0 spiro atoms. The first-order valence-corrected chi connectivity index (χ1v) is 14.9. The van der Waals surface area contributed by atoms with Gasteiger partial charge >= 0.3 is 0 Å². The molecule has 1 aromatic heterocycles. The SMILES string of the molecule is CCCn1nccc1S(=O)(=O)N1CCCCN2C(CO)C(c3ccc(-c4cccc(C)c4C)cc3)C2C1. The third-order valence-corrected chi connectivity index (χ3v) is 10.1. The van der Waals surface area contributed by atoms with E-state index in [1.807, 2.05) is 6.92 Å². The van der Waals surface area contributed by atoms with Gasteiger partial charge in [0.25, 0.3) is 10.0 Å². The lowest BCUT2D eigenvalue weighted by Crippen LogP contribution is -2.67. The quantitative estimate of drug-likeness (QED) is 0.503. The molecule has 0 saturated carbocycles. The summed E-state index contributed by atoms with van der Waals surface area (Å²) >= 11 is 0. The summed E-state index contributed by atoms with van der Waals surface area (Å²) < 4.78 is 30.7. The van der Waals surface area contributed by atoms with E-state index in [2.05, 4.69) is 66.3 Å². The van der Waals surface area contributed by atoms with Crippen molar-refractivity contribution in [2.75, 3.05) is 26.2 Å². The van der Waals surface area contributed by atoms with E-state index in [9.17, 15) is 13.5 Å². The van der Waals surface area contributed by atoms with Crippen LogP contribution in [0.15, 0.2) is 59.8 Å². The summed E-state index contributed by atoms with van der Waals surface area (Å²) in [5.74, 6) is 0.0778. The number of aliphatic hydroxyl groups is 1. The summed E-state index contributed by atoms with van der Waals surface area (Å²) in [5, 5.41) is 14.8. The van der Waals surface area contributed by atoms with Crippen LogP contribution in [0.5, 0.6) is 0 Å². The number of benzene rings is 2. The van der Waals surface area contributed by atoms with Crippen LogP contribution in [0.2, 0.25) is 0 Å². The summed E-state index contributed by atoms with van der Waals surface area (Å²) in [6.45, 7) is 8.75. The van der Waals surface area contributed by atoms with Gasteiger partial charge in [0.05, 0.1) is 12.8 Å². The fourth-order valence-electron chi connectivity index (χ4n) is 6.13. The zero-order valence-electron chi connectivity index (χ0n) is 22.0. The molecule has 3 aromatic rings. The average Bonchev–Trinajstić information content (AvgIpc) is 3.35. The van der Waals surface area contributed by atoms with Crippen molar-refractivity contribution in [3.05, 3.63) is 71.4 Å². The van der Waals surface area contributed by atoms with Gasteiger partial charge in [-0.25, -0.2) is 8.42 Å². The van der Waals surface area contributed by atoms with Crippen molar-refractivity contribution in [2.45, 2.75) is 69.6 Å². The van der Waals surface area contributed by atoms with E-state index in [4.69, 9.17) is 0 Å². The maximum absolute atomic E-state index is 13.7. The molecule has 198 valence electrons. The maximum atomic E-state index is 13.7. The highest BCUT2D eigenvalue weighted by molar-refractivity contribution is 7.89. The van der Waals surface area contributed by atoms with Crippen LogP contribution in [0.3, 0.4) is 0 Å². The molecule has 0 aliphatic carbocycles. The minimum atomic E-state index is -3.67. The zero-order chi connectivity index (χ0) is 26.2. The summed E-state index contributed by atoms with van der Waals surface area (Å²) in [7, 11) is -3.67. The first-order valence-electron chi connectivity index (χ1n) is 13.4. The second-order valence-corrected chi connectivity index (χ2v) is 12.3. The van der Waals surface area contributed by atoms with Crippen molar-refractivity contribution in [3.8, 4) is 11.1 Å². The Labute approximate surface area is 220 Å². The Morgan fingerprint density at radius 2 is 1.78 bits per heavy atom. The Morgan fingerprint density at radius 3 is 2.51 bits per heavy atom. The summed E-state index contributed by atoms with van der Waals surface area (Å²) in [6, 6.07) is 16.7. The first-order chi connectivity index (χ1) is 17.9. The molecule has 2 saturated heterocycles. The molecule has 37 heavy (non-hydrogen) atoms. The lowest BCUT2D eigenvalue weighted by atomic mass is 9.74. The molecule has 1 N–H and O–H groups in total. The van der Waals surface area contributed by atoms with Crippen LogP contribution >= 0.6 is 0 Å². The van der Waals surface area contributed by atoms with Crippen molar-refractivity contribution in [1.82, 2.24) is 19.0 Å². The second kappa shape index (κ2) is 10.7. The summed E-state index contributed by atoms with van der Waals surface area (Å²) in [6.07, 6.45) is 4.10. The molecule has 2 aromatic carbocycles. The third-order valence-electron chi connectivity index (χ3n) is 8.26. The zero-order valence-corrected chi connectivity index (χ0v) is 22.9. The molecule has 2 aliphatic rings. The van der Waals surface area contributed by atoms with Crippen molar-refractivity contribution in [2.24, 2.45) is 0 Å². The van der Waals surface area contributed by atoms with Gasteiger partial charge in [0, 0.05) is 37.6 Å². The predicted molar refractivity (Wildman–Crippen MR) is 146 cm³/mol. The van der Waals surface area contributed by atoms with E-state index in [0.29, 0.717) is 19.6 Å². The normalized spacial score (nSPS) is 23.2. The minimum Gasteiger partial charge on any atom is -0.395 e. The highest BCUT2D eigenvalue weighted by Gasteiger charge is 2.50. The Hall–Kier alpha value is -2.52. The van der Waals surface area contributed by atoms with E-state index in [-0.39, 0.29) is 29.6 Å². The van der Waals surface area contributed by atoms with E-state index < -0.39 is 10.0 Å². The van der Waals surface area contributed by atoms with Crippen molar-refractivity contribution >= 4 is 10.0 Å². The highest BCUT2D eigenvalue weighted by atomic mass is 32.2. The van der Waals surface area contributed by atoms with Crippen LogP contribution in [0.25, 0.3) is 11.1 Å². The van der Waals surface area contributed by atoms with Gasteiger partial charge in [-0.1, -0.05) is 49.4 Å². The predicted octanol–water partition coefficient (Wildman–Crippen LogP) is 4.19. The molecule has 0 bridgehead atoms. The molecule has 0 radical (unpaired) electrons. The fraction of sp³-hybridized carbons (Fsp3) is 0.483. The molecule has 3 heterocycles. The smallest absolute Gasteiger partial charge is 0.260 e. The maximum Gasteiger partial charge on any atom is 0.260 e.